The highest BCUT2D eigenvalue weighted by atomic mass is 35.5. The number of ether oxygens (including phenoxy) is 2. The molecule has 496 valence electrons. The number of hydrogen-bond donors (Lipinski definition) is 3. The predicted molar refractivity (Wildman–Crippen MR) is 361 cm³/mol. The molecule has 2 aromatic carbocycles. The molecule has 0 radical (unpaired) electrons. The molecule has 4 aliphatic heterocycles. The fourth-order valence-electron chi connectivity index (χ4n) is 14.6. The molecule has 4 N–H and O–H groups in total. The summed E-state index contributed by atoms with van der Waals surface area (Å²) in [5.74, 6) is 5.38. The zero-order chi connectivity index (χ0) is 64.6. The first kappa shape index (κ1) is 67.5. The molecule has 0 unspecified atom stereocenters. The molecule has 12 rings (SSSR count). The van der Waals surface area contributed by atoms with Gasteiger partial charge in [-0.25, -0.2) is 15.0 Å². The maximum atomic E-state index is 13.3. The summed E-state index contributed by atoms with van der Waals surface area (Å²) in [5, 5.41) is 6.71. The van der Waals surface area contributed by atoms with Crippen LogP contribution in [0.2, 0.25) is 5.28 Å². The molecule has 2 atom stereocenters. The summed E-state index contributed by atoms with van der Waals surface area (Å²) in [5.41, 5.74) is 9.96. The Morgan fingerprint density at radius 3 is 1.45 bits per heavy atom. The Balaban J connectivity index is 0.000000167. The van der Waals surface area contributed by atoms with E-state index in [4.69, 9.17) is 31.8 Å². The highest BCUT2D eigenvalue weighted by Gasteiger charge is 2.41. The summed E-state index contributed by atoms with van der Waals surface area (Å²) in [7, 11) is 6.74. The summed E-state index contributed by atoms with van der Waals surface area (Å²) < 4.78 is 11.0. The van der Waals surface area contributed by atoms with Gasteiger partial charge in [0.15, 0.2) is 11.6 Å². The maximum absolute atomic E-state index is 13.3. The molecule has 2 saturated heterocycles. The number of halogens is 1. The SMILES string of the molecule is CC[C@@H]1C(=O)N(C)c2cnc(Cc3ccc(C(=O)NC4CCC(N5CCN(CC6CC6)CC5)CC4)cc3OC)nc2N1C(C)C.CC[C@@H]1C(=O)N(C)c2cnc(Cl)nc2N1C(C)C.COc1cc(C(=O)NC2CCC(N3CCN(CC4CC4)CC3)CC2)ccc1N. The number of benzene rings is 2. The molecule has 4 aliphatic carbocycles. The van der Waals surface area contributed by atoms with Gasteiger partial charge in [-0.15, -0.1) is 0 Å². The van der Waals surface area contributed by atoms with Gasteiger partial charge in [-0.05, 0) is 171 Å². The van der Waals surface area contributed by atoms with Crippen molar-refractivity contribution in [3.63, 3.8) is 0 Å². The molecule has 4 saturated carbocycles. The van der Waals surface area contributed by atoms with Crippen molar-refractivity contribution >= 4 is 63.9 Å². The number of methoxy groups -OCH3 is 2. The van der Waals surface area contributed by atoms with Crippen molar-refractivity contribution in [2.24, 2.45) is 11.8 Å². The monoisotopic (exact) mass is 1270 g/mol. The van der Waals surface area contributed by atoms with Gasteiger partial charge in [-0.1, -0.05) is 19.9 Å². The molecule has 91 heavy (non-hydrogen) atoms. The lowest BCUT2D eigenvalue weighted by atomic mass is 9.89. The normalized spacial score (nSPS) is 24.2. The number of rotatable bonds is 18. The Bertz CT molecular complexity index is 3130. The van der Waals surface area contributed by atoms with Gasteiger partial charge >= 0.3 is 0 Å². The fourth-order valence-corrected chi connectivity index (χ4v) is 14.7. The second kappa shape index (κ2) is 30.6. The Hall–Kier alpha value is -6.39. The average molecular weight is 1270 g/mol. The first-order valence-corrected chi connectivity index (χ1v) is 34.4. The molecule has 4 amide bonds. The maximum Gasteiger partial charge on any atom is 0.251 e. The van der Waals surface area contributed by atoms with Crippen molar-refractivity contribution in [1.82, 2.24) is 50.2 Å². The van der Waals surface area contributed by atoms with Crippen LogP contribution >= 0.6 is 11.6 Å². The van der Waals surface area contributed by atoms with Crippen molar-refractivity contribution in [3.8, 4) is 11.5 Å². The van der Waals surface area contributed by atoms with E-state index < -0.39 is 0 Å². The van der Waals surface area contributed by atoms with E-state index in [2.05, 4.69) is 63.9 Å². The van der Waals surface area contributed by atoms with Gasteiger partial charge in [0.05, 0.1) is 32.3 Å². The number of aromatic nitrogens is 4. The zero-order valence-electron chi connectivity index (χ0n) is 55.8. The van der Waals surface area contributed by atoms with E-state index >= 15 is 0 Å². The number of hydrogen-bond acceptors (Lipinski definition) is 17. The van der Waals surface area contributed by atoms with E-state index in [1.165, 1.54) is 104 Å². The van der Waals surface area contributed by atoms with E-state index in [9.17, 15) is 19.2 Å². The molecule has 0 spiro atoms. The molecule has 2 aromatic heterocycles. The number of nitrogens with zero attached hydrogens (tertiary/aromatic N) is 12. The van der Waals surface area contributed by atoms with E-state index in [0.29, 0.717) is 64.8 Å². The summed E-state index contributed by atoms with van der Waals surface area (Å²) >= 11 is 5.87. The van der Waals surface area contributed by atoms with Crippen LogP contribution in [0.3, 0.4) is 0 Å². The highest BCUT2D eigenvalue weighted by Crippen LogP contribution is 2.39. The number of carbonyl (C=O) groups excluding carboxylic acids is 4. The van der Waals surface area contributed by atoms with Crippen molar-refractivity contribution in [1.29, 1.82) is 0 Å². The molecule has 0 bridgehead atoms. The zero-order valence-corrected chi connectivity index (χ0v) is 56.6. The second-order valence-electron chi connectivity index (χ2n) is 27.2. The van der Waals surface area contributed by atoms with Crippen LogP contribution in [0.1, 0.15) is 164 Å². The third-order valence-corrected chi connectivity index (χ3v) is 20.4. The Kier molecular flexibility index (Phi) is 22.7. The molecule has 6 fully saturated rings. The van der Waals surface area contributed by atoms with Crippen molar-refractivity contribution in [2.75, 3.05) is 119 Å². The number of fused-ring (bicyclic) bond motifs is 2. The van der Waals surface area contributed by atoms with Crippen LogP contribution in [0.15, 0.2) is 48.8 Å². The quantitative estimate of drug-likeness (QED) is 0.0628. The lowest BCUT2D eigenvalue weighted by Gasteiger charge is -2.42. The molecule has 4 aromatic rings. The van der Waals surface area contributed by atoms with E-state index in [1.54, 1.807) is 68.7 Å². The first-order valence-electron chi connectivity index (χ1n) is 34.0. The lowest BCUT2D eigenvalue weighted by Crippen LogP contribution is -2.55. The molecule has 22 heteroatoms. The smallest absolute Gasteiger partial charge is 0.251 e. The van der Waals surface area contributed by atoms with Gasteiger partial charge in [-0.3, -0.25) is 29.0 Å². The minimum absolute atomic E-state index is 0.0320. The summed E-state index contributed by atoms with van der Waals surface area (Å²) in [6.45, 7) is 24.6. The van der Waals surface area contributed by atoms with Crippen LogP contribution in [0.4, 0.5) is 28.7 Å². The van der Waals surface area contributed by atoms with Crippen LogP contribution in [0, 0.1) is 11.8 Å². The highest BCUT2D eigenvalue weighted by molar-refractivity contribution is 6.28. The van der Waals surface area contributed by atoms with Gasteiger partial charge < -0.3 is 55.2 Å². The molecular formula is C69H102ClN15O6. The Labute approximate surface area is 545 Å². The summed E-state index contributed by atoms with van der Waals surface area (Å²) in [6, 6.07) is 12.5. The topological polar surface area (TPSA) is 214 Å². The minimum Gasteiger partial charge on any atom is -0.496 e. The van der Waals surface area contributed by atoms with Gasteiger partial charge in [-0.2, -0.15) is 4.98 Å². The number of amides is 4. The van der Waals surface area contributed by atoms with E-state index in [-0.39, 0.29) is 65.2 Å². The van der Waals surface area contributed by atoms with Crippen molar-refractivity contribution in [2.45, 2.75) is 186 Å². The Morgan fingerprint density at radius 1 is 0.593 bits per heavy atom. The van der Waals surface area contributed by atoms with Gasteiger partial charge in [0.1, 0.15) is 40.8 Å². The number of anilines is 5. The minimum atomic E-state index is -0.250. The third kappa shape index (κ3) is 16.5. The van der Waals surface area contributed by atoms with Gasteiger partial charge in [0.2, 0.25) is 17.1 Å². The number of carbonyl (C=O) groups is 4. The average Bonchev–Trinajstić information content (AvgIpc) is 1.50. The Morgan fingerprint density at radius 2 is 1.02 bits per heavy atom. The van der Waals surface area contributed by atoms with E-state index in [1.807, 2.05) is 50.8 Å². The number of piperazine rings is 2. The largest absolute Gasteiger partial charge is 0.496 e. The molecule has 21 nitrogen and oxygen atoms in total. The van der Waals surface area contributed by atoms with Crippen LogP contribution in [0.5, 0.6) is 11.5 Å². The second-order valence-corrected chi connectivity index (χ2v) is 27.5. The summed E-state index contributed by atoms with van der Waals surface area (Å²) in [4.78, 5) is 87.1. The van der Waals surface area contributed by atoms with Crippen LogP contribution in [-0.2, 0) is 16.0 Å². The standard InChI is InChI=1S/C35H51N7O3.C22H34N4O2.C12H17ClN4O/c1-6-29-35(44)39(4)30-21-36-32(38-33(30)42(29)23(2)3)20-25-9-10-26(19-31(25)45-5)34(43)37-27-11-13-28(14-12-27)41-17-15-40(16-18-41)22-24-7-8-24;1-28-21-14-17(4-9-20(21)23)22(27)24-18-5-7-19(8-6-18)26-12-10-25(11-13-26)15-16-2-3-16;1-5-8-11(18)16(4)9-6-14-12(13)15-10(9)17(8)7(2)3/h9-10,19,21,23-24,27-29H,6-8,11-18,20,22H2,1-5H3,(H,37,43);4,9,14,16,18-19H,2-3,5-8,10-13,15,23H2,1H3,(H,24,27);6-8H,5H2,1-4H3/t27?,28?,29-;;8-/m1.1/s1. The summed E-state index contributed by atoms with van der Waals surface area (Å²) in [6.07, 6.45) is 19.8. The predicted octanol–water partition coefficient (Wildman–Crippen LogP) is 8.56. The molecule has 8 aliphatic rings. The van der Waals surface area contributed by atoms with Crippen LogP contribution < -0.4 is 45.4 Å². The number of nitrogen functional groups attached to an aromatic ring is 1. The van der Waals surface area contributed by atoms with Crippen molar-refractivity contribution < 1.29 is 28.7 Å². The van der Waals surface area contributed by atoms with Gasteiger partial charge in [0.25, 0.3) is 11.8 Å². The number of nitrogens with two attached hydrogens (primary N) is 1. The number of likely N-dealkylation sites (N-methyl/N-ethyl adjacent to an activating group) is 2. The van der Waals surface area contributed by atoms with Gasteiger partial charge in [0, 0.05) is 139 Å². The molecule has 6 heterocycles. The molecular weight excluding hydrogens is 1170 g/mol. The lowest BCUT2D eigenvalue weighted by molar-refractivity contribution is -0.120. The number of nitrogens with one attached hydrogen (secondary N) is 2. The third-order valence-electron chi connectivity index (χ3n) is 20.3. The first-order chi connectivity index (χ1) is 43.8. The van der Waals surface area contributed by atoms with E-state index in [0.717, 1.165) is 79.7 Å². The fraction of sp³-hybridized carbons (Fsp3) is 0.652. The van der Waals surface area contributed by atoms with Crippen LogP contribution in [0.25, 0.3) is 0 Å². The van der Waals surface area contributed by atoms with Crippen LogP contribution in [-0.4, -0.2) is 205 Å². The van der Waals surface area contributed by atoms with Crippen molar-refractivity contribution in [3.05, 3.63) is 76.6 Å².